The summed E-state index contributed by atoms with van der Waals surface area (Å²) in [6, 6.07) is 20.7. The number of carbonyl (C=O) groups is 2. The average molecular weight is 482 g/mol. The van der Waals surface area contributed by atoms with E-state index in [1.54, 1.807) is 57.2 Å². The molecule has 3 aromatic rings. The molecule has 3 aromatic carbocycles. The summed E-state index contributed by atoms with van der Waals surface area (Å²) in [6.45, 7) is 5.56. The lowest BCUT2D eigenvalue weighted by Crippen LogP contribution is -2.28. The molecule has 9 heteroatoms. The number of amides is 3. The fourth-order valence-corrected chi connectivity index (χ4v) is 4.27. The van der Waals surface area contributed by atoms with Gasteiger partial charge in [0.25, 0.3) is 0 Å². The van der Waals surface area contributed by atoms with Gasteiger partial charge < -0.3 is 15.4 Å². The van der Waals surface area contributed by atoms with E-state index in [2.05, 4.69) is 16.0 Å². The molecule has 0 bridgehead atoms. The highest BCUT2D eigenvalue weighted by atomic mass is 32.2. The summed E-state index contributed by atoms with van der Waals surface area (Å²) in [7, 11) is -3.62. The Balaban J connectivity index is 1.55. The van der Waals surface area contributed by atoms with E-state index in [0.29, 0.717) is 11.4 Å². The molecule has 0 aromatic heterocycles. The van der Waals surface area contributed by atoms with Gasteiger partial charge in [-0.3, -0.25) is 5.32 Å². The Morgan fingerprint density at radius 3 is 2.09 bits per heavy atom. The van der Waals surface area contributed by atoms with E-state index >= 15 is 0 Å². The van der Waals surface area contributed by atoms with Gasteiger partial charge in [-0.05, 0) is 74.9 Å². The van der Waals surface area contributed by atoms with Gasteiger partial charge in [-0.15, -0.1) is 0 Å². The first-order valence-electron chi connectivity index (χ1n) is 10.6. The highest BCUT2D eigenvalue weighted by molar-refractivity contribution is 7.91. The predicted octanol–water partition coefficient (Wildman–Crippen LogP) is 5.19. The standard InChI is InChI=1S/C25H27N3O5S/c1-25(2,3)33-24(30)28-20-9-7-8-18(16-20)17-26-23(29)27-19-12-14-22(15-13-19)34(31,32)21-10-5-4-6-11-21/h4-16H,17H2,1-3H3,(H,28,30)(H2,26,27,29). The molecule has 34 heavy (non-hydrogen) atoms. The summed E-state index contributed by atoms with van der Waals surface area (Å²) in [6.07, 6.45) is -0.562. The normalized spacial score (nSPS) is 11.4. The van der Waals surface area contributed by atoms with Gasteiger partial charge in [-0.1, -0.05) is 30.3 Å². The Bertz CT molecular complexity index is 1250. The second-order valence-corrected chi connectivity index (χ2v) is 10.4. The zero-order valence-corrected chi connectivity index (χ0v) is 20.0. The maximum absolute atomic E-state index is 12.7. The summed E-state index contributed by atoms with van der Waals surface area (Å²) in [5, 5.41) is 8.05. The smallest absolute Gasteiger partial charge is 0.412 e. The molecule has 0 unspecified atom stereocenters. The Morgan fingerprint density at radius 2 is 1.44 bits per heavy atom. The van der Waals surface area contributed by atoms with Crippen molar-refractivity contribution in [2.24, 2.45) is 0 Å². The lowest BCUT2D eigenvalue weighted by Gasteiger charge is -2.19. The Kier molecular flexibility index (Phi) is 7.57. The Labute approximate surface area is 199 Å². The van der Waals surface area contributed by atoms with Crippen LogP contribution in [0.5, 0.6) is 0 Å². The molecule has 0 saturated carbocycles. The molecule has 0 saturated heterocycles. The third-order valence-corrected chi connectivity index (χ3v) is 6.29. The van der Waals surface area contributed by atoms with E-state index in [1.165, 1.54) is 36.4 Å². The monoisotopic (exact) mass is 481 g/mol. The zero-order valence-electron chi connectivity index (χ0n) is 19.2. The molecular formula is C25H27N3O5S. The first-order chi connectivity index (χ1) is 16.0. The van der Waals surface area contributed by atoms with Crippen LogP contribution in [0.25, 0.3) is 0 Å². The van der Waals surface area contributed by atoms with Crippen LogP contribution in [-0.2, 0) is 21.1 Å². The van der Waals surface area contributed by atoms with Gasteiger partial charge in [0.15, 0.2) is 0 Å². The average Bonchev–Trinajstić information content (AvgIpc) is 2.77. The Morgan fingerprint density at radius 1 is 0.794 bits per heavy atom. The third-order valence-electron chi connectivity index (χ3n) is 4.50. The molecular weight excluding hydrogens is 454 g/mol. The predicted molar refractivity (Wildman–Crippen MR) is 130 cm³/mol. The lowest BCUT2D eigenvalue weighted by molar-refractivity contribution is 0.0636. The third kappa shape index (κ3) is 7.08. The second-order valence-electron chi connectivity index (χ2n) is 8.48. The van der Waals surface area contributed by atoms with Crippen molar-refractivity contribution in [3.63, 3.8) is 0 Å². The van der Waals surface area contributed by atoms with Crippen LogP contribution in [0.1, 0.15) is 26.3 Å². The molecule has 3 N–H and O–H groups in total. The van der Waals surface area contributed by atoms with Gasteiger partial charge in [0.05, 0.1) is 9.79 Å². The lowest BCUT2D eigenvalue weighted by atomic mass is 10.2. The first kappa shape index (κ1) is 24.8. The molecule has 0 fully saturated rings. The molecule has 0 radical (unpaired) electrons. The van der Waals surface area contributed by atoms with E-state index in [0.717, 1.165) is 5.56 Å². The van der Waals surface area contributed by atoms with E-state index < -0.39 is 27.6 Å². The van der Waals surface area contributed by atoms with Crippen LogP contribution in [0.15, 0.2) is 88.7 Å². The van der Waals surface area contributed by atoms with Crippen molar-refractivity contribution < 1.29 is 22.7 Å². The fraction of sp³-hybridized carbons (Fsp3) is 0.200. The molecule has 0 aliphatic rings. The SMILES string of the molecule is CC(C)(C)OC(=O)Nc1cccc(CNC(=O)Nc2ccc(S(=O)(=O)c3ccccc3)cc2)c1. The van der Waals surface area contributed by atoms with Crippen molar-refractivity contribution in [3.05, 3.63) is 84.4 Å². The molecule has 0 heterocycles. The van der Waals surface area contributed by atoms with Gasteiger partial charge in [0, 0.05) is 17.9 Å². The van der Waals surface area contributed by atoms with Crippen LogP contribution in [0.3, 0.4) is 0 Å². The summed E-state index contributed by atoms with van der Waals surface area (Å²) in [4.78, 5) is 24.5. The number of carbonyl (C=O) groups excluding carboxylic acids is 2. The number of nitrogens with one attached hydrogen (secondary N) is 3. The quantitative estimate of drug-likeness (QED) is 0.448. The highest BCUT2D eigenvalue weighted by Crippen LogP contribution is 2.22. The van der Waals surface area contributed by atoms with Gasteiger partial charge in [0.1, 0.15) is 5.60 Å². The number of benzene rings is 3. The van der Waals surface area contributed by atoms with Crippen molar-refractivity contribution in [2.75, 3.05) is 10.6 Å². The maximum atomic E-state index is 12.7. The van der Waals surface area contributed by atoms with Gasteiger partial charge >= 0.3 is 12.1 Å². The van der Waals surface area contributed by atoms with E-state index in [1.807, 2.05) is 6.07 Å². The number of anilines is 2. The fourth-order valence-electron chi connectivity index (χ4n) is 2.99. The molecule has 8 nitrogen and oxygen atoms in total. The minimum atomic E-state index is -3.62. The summed E-state index contributed by atoms with van der Waals surface area (Å²) >= 11 is 0. The van der Waals surface area contributed by atoms with Crippen LogP contribution in [-0.4, -0.2) is 26.1 Å². The summed E-state index contributed by atoms with van der Waals surface area (Å²) < 4.78 is 30.5. The molecule has 3 rings (SSSR count). The molecule has 3 amide bonds. The van der Waals surface area contributed by atoms with Crippen LogP contribution in [0, 0.1) is 0 Å². The number of hydrogen-bond donors (Lipinski definition) is 3. The maximum Gasteiger partial charge on any atom is 0.412 e. The van der Waals surface area contributed by atoms with Crippen LogP contribution in [0.2, 0.25) is 0 Å². The van der Waals surface area contributed by atoms with Crippen LogP contribution < -0.4 is 16.0 Å². The number of ether oxygens (including phenoxy) is 1. The van der Waals surface area contributed by atoms with Crippen molar-refractivity contribution in [1.82, 2.24) is 5.32 Å². The second kappa shape index (κ2) is 10.4. The number of urea groups is 1. The number of hydrogen-bond acceptors (Lipinski definition) is 5. The topological polar surface area (TPSA) is 114 Å². The number of sulfone groups is 1. The van der Waals surface area contributed by atoms with Gasteiger partial charge in [-0.2, -0.15) is 0 Å². The van der Waals surface area contributed by atoms with Crippen molar-refractivity contribution in [1.29, 1.82) is 0 Å². The van der Waals surface area contributed by atoms with Crippen molar-refractivity contribution in [2.45, 2.75) is 42.7 Å². The minimum Gasteiger partial charge on any atom is -0.444 e. The molecule has 178 valence electrons. The van der Waals surface area contributed by atoms with Crippen LogP contribution >= 0.6 is 0 Å². The summed E-state index contributed by atoms with van der Waals surface area (Å²) in [5.41, 5.74) is 1.16. The van der Waals surface area contributed by atoms with Gasteiger partial charge in [-0.25, -0.2) is 18.0 Å². The summed E-state index contributed by atoms with van der Waals surface area (Å²) in [5.74, 6) is 0. The van der Waals surface area contributed by atoms with Crippen molar-refractivity contribution >= 4 is 33.3 Å². The van der Waals surface area contributed by atoms with E-state index in [9.17, 15) is 18.0 Å². The first-order valence-corrected chi connectivity index (χ1v) is 12.1. The molecule has 0 aliphatic carbocycles. The largest absolute Gasteiger partial charge is 0.444 e. The van der Waals surface area contributed by atoms with E-state index in [4.69, 9.17) is 4.74 Å². The Hall–Kier alpha value is -3.85. The van der Waals surface area contributed by atoms with Gasteiger partial charge in [0.2, 0.25) is 9.84 Å². The molecule has 0 spiro atoms. The molecule has 0 aliphatic heterocycles. The highest BCUT2D eigenvalue weighted by Gasteiger charge is 2.17. The molecule has 0 atom stereocenters. The number of rotatable bonds is 6. The minimum absolute atomic E-state index is 0.138. The van der Waals surface area contributed by atoms with Crippen molar-refractivity contribution in [3.8, 4) is 0 Å². The zero-order chi connectivity index (χ0) is 24.8. The van der Waals surface area contributed by atoms with Crippen LogP contribution in [0.4, 0.5) is 21.0 Å². The van der Waals surface area contributed by atoms with E-state index in [-0.39, 0.29) is 16.3 Å².